The van der Waals surface area contributed by atoms with Gasteiger partial charge in [0.05, 0.1) is 0 Å². The van der Waals surface area contributed by atoms with E-state index in [0.717, 1.165) is 4.68 Å². The molecule has 0 aliphatic heterocycles. The minimum absolute atomic E-state index is 0.0304. The summed E-state index contributed by atoms with van der Waals surface area (Å²) < 4.78 is 37.2. The highest BCUT2D eigenvalue weighted by Gasteiger charge is 2.27. The van der Waals surface area contributed by atoms with Crippen molar-refractivity contribution in [1.82, 2.24) is 29.7 Å². The third-order valence-electron chi connectivity index (χ3n) is 1.67. The van der Waals surface area contributed by atoms with Gasteiger partial charge in [0.1, 0.15) is 19.2 Å². The molecule has 0 saturated heterocycles. The quantitative estimate of drug-likeness (QED) is 0.905. The molecule has 0 saturated carbocycles. The van der Waals surface area contributed by atoms with E-state index in [9.17, 15) is 13.2 Å². The van der Waals surface area contributed by atoms with Crippen LogP contribution in [0.4, 0.5) is 19.1 Å². The molecule has 2 heterocycles. The van der Waals surface area contributed by atoms with Crippen molar-refractivity contribution in [3.05, 3.63) is 17.9 Å². The fourth-order valence-electron chi connectivity index (χ4n) is 1.01. The molecule has 0 aliphatic rings. The molecule has 0 amide bonds. The van der Waals surface area contributed by atoms with Crippen molar-refractivity contribution in [3.63, 3.8) is 0 Å². The normalized spacial score (nSPS) is 11.6. The number of hydrogen-bond donors (Lipinski definition) is 1. The number of alkyl halides is 3. The topological polar surface area (TPSA) is 81.4 Å². The lowest BCUT2D eigenvalue weighted by molar-refractivity contribution is -0.115. The molecule has 11 heteroatoms. The van der Waals surface area contributed by atoms with Crippen LogP contribution in [0.2, 0.25) is 5.28 Å². The van der Waals surface area contributed by atoms with E-state index in [1.54, 1.807) is 0 Å². The Morgan fingerprint density at radius 1 is 1.28 bits per heavy atom. The molecule has 0 spiro atoms. The Labute approximate surface area is 103 Å². The fraction of sp³-hybridized carbons (Fsp3) is 0.286. The Hall–Kier alpha value is -1.97. The van der Waals surface area contributed by atoms with Crippen LogP contribution in [-0.2, 0) is 0 Å². The minimum Gasteiger partial charge on any atom is -0.345 e. The van der Waals surface area contributed by atoms with Crippen LogP contribution in [0.25, 0.3) is 5.95 Å². The average Bonchev–Trinajstić information content (AvgIpc) is 2.78. The molecule has 2 rings (SSSR count). The van der Waals surface area contributed by atoms with Crippen molar-refractivity contribution in [1.29, 1.82) is 0 Å². The third-order valence-corrected chi connectivity index (χ3v) is 1.84. The van der Waals surface area contributed by atoms with Crippen molar-refractivity contribution in [3.8, 4) is 5.95 Å². The zero-order chi connectivity index (χ0) is 13.2. The van der Waals surface area contributed by atoms with Gasteiger partial charge in [-0.15, -0.1) is 0 Å². The molecule has 0 aliphatic carbocycles. The van der Waals surface area contributed by atoms with E-state index in [0.29, 0.717) is 0 Å². The SMILES string of the molecule is FC(F)(F)CNc1nc(Cl)nc(-n2cncn2)n1. The molecular weight excluding hydrogens is 275 g/mol. The molecule has 0 radical (unpaired) electrons. The average molecular weight is 280 g/mol. The second-order valence-electron chi connectivity index (χ2n) is 3.04. The van der Waals surface area contributed by atoms with Crippen LogP contribution in [-0.4, -0.2) is 42.4 Å². The first-order chi connectivity index (χ1) is 8.44. The van der Waals surface area contributed by atoms with Crippen LogP contribution < -0.4 is 5.32 Å². The molecule has 0 atom stereocenters. The smallest absolute Gasteiger partial charge is 0.345 e. The van der Waals surface area contributed by atoms with Crippen LogP contribution in [0.1, 0.15) is 0 Å². The molecule has 7 nitrogen and oxygen atoms in total. The Morgan fingerprint density at radius 2 is 2.06 bits per heavy atom. The van der Waals surface area contributed by atoms with E-state index in [1.807, 2.05) is 5.32 Å². The van der Waals surface area contributed by atoms with Gasteiger partial charge in [-0.05, 0) is 11.6 Å². The lowest BCUT2D eigenvalue weighted by Gasteiger charge is -2.08. The van der Waals surface area contributed by atoms with Gasteiger partial charge in [0.2, 0.25) is 11.2 Å². The summed E-state index contributed by atoms with van der Waals surface area (Å²) in [6.07, 6.45) is -1.88. The maximum absolute atomic E-state index is 12.0. The number of rotatable bonds is 3. The molecule has 96 valence electrons. The Balaban J connectivity index is 2.22. The van der Waals surface area contributed by atoms with Gasteiger partial charge in [-0.3, -0.25) is 0 Å². The maximum atomic E-state index is 12.0. The molecular formula is C7H5ClF3N7. The Morgan fingerprint density at radius 3 is 2.67 bits per heavy atom. The first-order valence-electron chi connectivity index (χ1n) is 4.51. The van der Waals surface area contributed by atoms with Gasteiger partial charge >= 0.3 is 6.18 Å². The molecule has 18 heavy (non-hydrogen) atoms. The number of halogens is 4. The summed E-state index contributed by atoms with van der Waals surface area (Å²) in [5, 5.41) is 5.47. The second kappa shape index (κ2) is 4.72. The maximum Gasteiger partial charge on any atom is 0.405 e. The van der Waals surface area contributed by atoms with Crippen LogP contribution in [0.15, 0.2) is 12.7 Å². The summed E-state index contributed by atoms with van der Waals surface area (Å²) in [7, 11) is 0. The molecule has 0 bridgehead atoms. The van der Waals surface area contributed by atoms with E-state index in [1.165, 1.54) is 12.7 Å². The number of hydrogen-bond acceptors (Lipinski definition) is 6. The van der Waals surface area contributed by atoms with Crippen LogP contribution >= 0.6 is 11.6 Å². The predicted molar refractivity (Wildman–Crippen MR) is 54.3 cm³/mol. The summed E-state index contributed by atoms with van der Waals surface area (Å²) in [5.74, 6) is -0.324. The van der Waals surface area contributed by atoms with Gasteiger partial charge in [0.25, 0.3) is 5.95 Å². The standard InChI is InChI=1S/C7H5ClF3N7/c8-4-15-5(13-1-7(9,10)11)17-6(16-4)18-3-12-2-14-18/h2-3H,1H2,(H,13,15,16,17). The van der Waals surface area contributed by atoms with Crippen molar-refractivity contribution in [2.24, 2.45) is 0 Å². The van der Waals surface area contributed by atoms with Crippen LogP contribution in [0.5, 0.6) is 0 Å². The first kappa shape index (κ1) is 12.5. The zero-order valence-corrected chi connectivity index (χ0v) is 9.31. The summed E-state index contributed by atoms with van der Waals surface area (Å²) in [4.78, 5) is 14.6. The summed E-state index contributed by atoms with van der Waals surface area (Å²) in [6.45, 7) is -1.27. The number of nitrogens with one attached hydrogen (secondary N) is 1. The zero-order valence-electron chi connectivity index (χ0n) is 8.56. The van der Waals surface area contributed by atoms with Crippen molar-refractivity contribution < 1.29 is 13.2 Å². The van der Waals surface area contributed by atoms with Crippen LogP contribution in [0, 0.1) is 0 Å². The van der Waals surface area contributed by atoms with Crippen molar-refractivity contribution in [2.75, 3.05) is 11.9 Å². The Kier molecular flexibility index (Phi) is 3.28. The predicted octanol–water partition coefficient (Wildman–Crippen LogP) is 1.08. The van der Waals surface area contributed by atoms with Crippen molar-refractivity contribution in [2.45, 2.75) is 6.18 Å². The number of nitrogens with zero attached hydrogens (tertiary/aromatic N) is 6. The molecule has 2 aromatic rings. The van der Waals surface area contributed by atoms with Crippen LogP contribution in [0.3, 0.4) is 0 Å². The highest BCUT2D eigenvalue weighted by molar-refractivity contribution is 6.28. The second-order valence-corrected chi connectivity index (χ2v) is 3.37. The van der Waals surface area contributed by atoms with E-state index in [4.69, 9.17) is 11.6 Å². The summed E-state index contributed by atoms with van der Waals surface area (Å²) >= 11 is 5.57. The highest BCUT2D eigenvalue weighted by Crippen LogP contribution is 2.15. The van der Waals surface area contributed by atoms with E-state index in [-0.39, 0.29) is 17.2 Å². The summed E-state index contributed by atoms with van der Waals surface area (Å²) in [5.41, 5.74) is 0. The molecule has 2 aromatic heterocycles. The van der Waals surface area contributed by atoms with Gasteiger partial charge in [-0.1, -0.05) is 0 Å². The van der Waals surface area contributed by atoms with E-state index >= 15 is 0 Å². The van der Waals surface area contributed by atoms with Gasteiger partial charge in [-0.2, -0.15) is 37.9 Å². The number of aromatic nitrogens is 6. The van der Waals surface area contributed by atoms with Gasteiger partial charge in [0, 0.05) is 0 Å². The lowest BCUT2D eigenvalue weighted by Crippen LogP contribution is -2.23. The fourth-order valence-corrected chi connectivity index (χ4v) is 1.17. The van der Waals surface area contributed by atoms with Gasteiger partial charge in [-0.25, -0.2) is 4.98 Å². The third kappa shape index (κ3) is 3.26. The van der Waals surface area contributed by atoms with Gasteiger partial charge < -0.3 is 5.32 Å². The lowest BCUT2D eigenvalue weighted by atomic mass is 10.6. The highest BCUT2D eigenvalue weighted by atomic mass is 35.5. The van der Waals surface area contributed by atoms with E-state index in [2.05, 4.69) is 25.0 Å². The monoisotopic (exact) mass is 279 g/mol. The van der Waals surface area contributed by atoms with Gasteiger partial charge in [0.15, 0.2) is 0 Å². The molecule has 0 aromatic carbocycles. The largest absolute Gasteiger partial charge is 0.405 e. The molecule has 1 N–H and O–H groups in total. The molecule has 0 unspecified atom stereocenters. The molecule has 0 fully saturated rings. The minimum atomic E-state index is -4.38. The first-order valence-corrected chi connectivity index (χ1v) is 4.89. The van der Waals surface area contributed by atoms with Crippen molar-refractivity contribution >= 4 is 17.5 Å². The number of anilines is 1. The van der Waals surface area contributed by atoms with E-state index < -0.39 is 12.7 Å². The Bertz CT molecular complexity index is 526. The summed E-state index contributed by atoms with van der Waals surface area (Å²) in [6, 6.07) is 0.